The second-order valence-corrected chi connectivity index (χ2v) is 5.90. The van der Waals surface area contributed by atoms with Gasteiger partial charge in [0.2, 0.25) is 0 Å². The van der Waals surface area contributed by atoms with Gasteiger partial charge in [-0.1, -0.05) is 12.1 Å². The Balaban J connectivity index is 1.72. The molecule has 3 aromatic rings. The third kappa shape index (κ3) is 3.99. The Bertz CT molecular complexity index is 896. The van der Waals surface area contributed by atoms with E-state index in [1.807, 2.05) is 0 Å². The summed E-state index contributed by atoms with van der Waals surface area (Å²) in [5.41, 5.74) is 1.00. The lowest BCUT2D eigenvalue weighted by molar-refractivity contribution is -0.385. The van der Waals surface area contributed by atoms with Gasteiger partial charge in [0.15, 0.2) is 0 Å². The summed E-state index contributed by atoms with van der Waals surface area (Å²) in [6.45, 7) is 0.00105. The predicted octanol–water partition coefficient (Wildman–Crippen LogP) is 3.88. The van der Waals surface area contributed by atoms with Crippen LogP contribution in [0.15, 0.2) is 60.2 Å². The van der Waals surface area contributed by atoms with Crippen LogP contribution in [0, 0.1) is 10.1 Å². The third-order valence-electron chi connectivity index (χ3n) is 3.33. The smallest absolute Gasteiger partial charge is 0.276 e. The number of hydrogen-bond donors (Lipinski definition) is 1. The minimum absolute atomic E-state index is 0.00105. The van der Waals surface area contributed by atoms with Crippen LogP contribution in [0.25, 0.3) is 0 Å². The SMILES string of the molecule is O=C(Nc1cccnc1)c1sccc1OCc1ccccc1[N+](=O)[O-]. The highest BCUT2D eigenvalue weighted by atomic mass is 32.1. The van der Waals surface area contributed by atoms with Crippen LogP contribution >= 0.6 is 11.3 Å². The average Bonchev–Trinajstić information content (AvgIpc) is 3.09. The van der Waals surface area contributed by atoms with Gasteiger partial charge in [-0.3, -0.25) is 19.9 Å². The summed E-state index contributed by atoms with van der Waals surface area (Å²) in [6, 6.07) is 11.5. The minimum Gasteiger partial charge on any atom is -0.487 e. The summed E-state index contributed by atoms with van der Waals surface area (Å²) in [5.74, 6) is 0.0603. The van der Waals surface area contributed by atoms with E-state index in [4.69, 9.17) is 4.74 Å². The van der Waals surface area contributed by atoms with E-state index in [0.717, 1.165) is 0 Å². The number of para-hydroxylation sites is 1. The first-order valence-corrected chi connectivity index (χ1v) is 8.17. The van der Waals surface area contributed by atoms with E-state index in [2.05, 4.69) is 10.3 Å². The summed E-state index contributed by atoms with van der Waals surface area (Å²) in [6.07, 6.45) is 3.15. The number of carbonyl (C=O) groups excluding carboxylic acids is 1. The highest BCUT2D eigenvalue weighted by Gasteiger charge is 2.17. The summed E-state index contributed by atoms with van der Waals surface area (Å²) in [5, 5.41) is 15.5. The molecule has 1 amide bonds. The van der Waals surface area contributed by atoms with Crippen molar-refractivity contribution in [2.24, 2.45) is 0 Å². The zero-order valence-electron chi connectivity index (χ0n) is 12.9. The number of nitrogens with zero attached hydrogens (tertiary/aromatic N) is 2. The lowest BCUT2D eigenvalue weighted by Gasteiger charge is -2.08. The van der Waals surface area contributed by atoms with Crippen LogP contribution in [0.1, 0.15) is 15.2 Å². The van der Waals surface area contributed by atoms with Gasteiger partial charge in [-0.05, 0) is 29.6 Å². The number of hydrogen-bond acceptors (Lipinski definition) is 6. The molecule has 25 heavy (non-hydrogen) atoms. The molecule has 0 atom stereocenters. The molecular formula is C17H13N3O4S. The second kappa shape index (κ2) is 7.54. The Morgan fingerprint density at radius 1 is 1.24 bits per heavy atom. The molecule has 3 rings (SSSR count). The first-order chi connectivity index (χ1) is 12.1. The molecule has 1 N–H and O–H groups in total. The summed E-state index contributed by atoms with van der Waals surface area (Å²) in [4.78, 5) is 27.3. The van der Waals surface area contributed by atoms with E-state index in [1.54, 1.807) is 54.2 Å². The molecule has 0 spiro atoms. The first-order valence-electron chi connectivity index (χ1n) is 7.29. The Hall–Kier alpha value is -3.26. The number of nitro groups is 1. The zero-order chi connectivity index (χ0) is 17.6. The van der Waals surface area contributed by atoms with Gasteiger partial charge in [-0.2, -0.15) is 0 Å². The third-order valence-corrected chi connectivity index (χ3v) is 4.22. The van der Waals surface area contributed by atoms with Crippen molar-refractivity contribution in [2.45, 2.75) is 6.61 Å². The number of benzene rings is 1. The molecular weight excluding hydrogens is 342 g/mol. The summed E-state index contributed by atoms with van der Waals surface area (Å²) < 4.78 is 5.64. The molecule has 0 saturated carbocycles. The van der Waals surface area contributed by atoms with Crippen LogP contribution in [0.3, 0.4) is 0 Å². The molecule has 0 radical (unpaired) electrons. The Kier molecular flexibility index (Phi) is 5.00. The lowest BCUT2D eigenvalue weighted by Crippen LogP contribution is -2.12. The van der Waals surface area contributed by atoms with Crippen molar-refractivity contribution in [1.82, 2.24) is 4.98 Å². The Morgan fingerprint density at radius 3 is 2.84 bits per heavy atom. The maximum atomic E-state index is 12.4. The highest BCUT2D eigenvalue weighted by molar-refractivity contribution is 7.12. The van der Waals surface area contributed by atoms with Gasteiger partial charge in [0, 0.05) is 12.3 Å². The van der Waals surface area contributed by atoms with E-state index >= 15 is 0 Å². The van der Waals surface area contributed by atoms with Crippen LogP contribution in [0.2, 0.25) is 0 Å². The molecule has 1 aromatic carbocycles. The van der Waals surface area contributed by atoms with Crippen molar-refractivity contribution in [3.05, 3.63) is 80.8 Å². The molecule has 0 aliphatic heterocycles. The lowest BCUT2D eigenvalue weighted by atomic mass is 10.2. The fourth-order valence-corrected chi connectivity index (χ4v) is 2.90. The predicted molar refractivity (Wildman–Crippen MR) is 93.9 cm³/mol. The van der Waals surface area contributed by atoms with Crippen molar-refractivity contribution in [2.75, 3.05) is 5.32 Å². The van der Waals surface area contributed by atoms with Gasteiger partial charge in [0.25, 0.3) is 11.6 Å². The molecule has 2 heterocycles. The minimum atomic E-state index is -0.456. The number of anilines is 1. The monoisotopic (exact) mass is 355 g/mol. The van der Waals surface area contributed by atoms with Crippen LogP contribution in [-0.2, 0) is 6.61 Å². The van der Waals surface area contributed by atoms with Crippen LogP contribution < -0.4 is 10.1 Å². The zero-order valence-corrected chi connectivity index (χ0v) is 13.7. The number of nitrogens with one attached hydrogen (secondary N) is 1. The molecule has 0 aliphatic rings. The Labute approximate surface area is 147 Å². The number of aromatic nitrogens is 1. The number of thiophene rings is 1. The van der Waals surface area contributed by atoms with Crippen molar-refractivity contribution in [3.63, 3.8) is 0 Å². The molecule has 2 aromatic heterocycles. The van der Waals surface area contributed by atoms with Crippen LogP contribution in [0.4, 0.5) is 11.4 Å². The van der Waals surface area contributed by atoms with E-state index in [0.29, 0.717) is 21.9 Å². The standard InChI is InChI=1S/C17H13N3O4S/c21-17(19-13-5-3-8-18-10-13)16-15(7-9-25-16)24-11-12-4-1-2-6-14(12)20(22)23/h1-10H,11H2,(H,19,21). The van der Waals surface area contributed by atoms with Gasteiger partial charge in [-0.15, -0.1) is 11.3 Å². The average molecular weight is 355 g/mol. The van der Waals surface area contributed by atoms with Gasteiger partial charge >= 0.3 is 0 Å². The maximum absolute atomic E-state index is 12.4. The molecule has 0 bridgehead atoms. The molecule has 7 nitrogen and oxygen atoms in total. The quantitative estimate of drug-likeness (QED) is 0.535. The fraction of sp³-hybridized carbons (Fsp3) is 0.0588. The number of nitro benzene ring substituents is 1. The molecule has 8 heteroatoms. The second-order valence-electron chi connectivity index (χ2n) is 4.98. The Morgan fingerprint density at radius 2 is 2.08 bits per heavy atom. The van der Waals surface area contributed by atoms with Crippen molar-refractivity contribution >= 4 is 28.6 Å². The number of pyridine rings is 1. The highest BCUT2D eigenvalue weighted by Crippen LogP contribution is 2.28. The maximum Gasteiger partial charge on any atom is 0.276 e. The molecule has 0 unspecified atom stereocenters. The van der Waals surface area contributed by atoms with E-state index in [9.17, 15) is 14.9 Å². The largest absolute Gasteiger partial charge is 0.487 e. The van der Waals surface area contributed by atoms with Crippen molar-refractivity contribution < 1.29 is 14.5 Å². The van der Waals surface area contributed by atoms with Gasteiger partial charge in [0.05, 0.1) is 22.4 Å². The molecule has 0 fully saturated rings. The van der Waals surface area contributed by atoms with E-state index < -0.39 is 4.92 Å². The number of rotatable bonds is 6. The van der Waals surface area contributed by atoms with Gasteiger partial charge < -0.3 is 10.1 Å². The number of amides is 1. The number of ether oxygens (including phenoxy) is 1. The topological polar surface area (TPSA) is 94.4 Å². The first kappa shape index (κ1) is 16.6. The van der Waals surface area contributed by atoms with E-state index in [-0.39, 0.29) is 18.2 Å². The van der Waals surface area contributed by atoms with Gasteiger partial charge in [0.1, 0.15) is 17.2 Å². The fourth-order valence-electron chi connectivity index (χ4n) is 2.17. The van der Waals surface area contributed by atoms with Crippen LogP contribution in [-0.4, -0.2) is 15.8 Å². The normalized spacial score (nSPS) is 10.2. The molecule has 0 saturated heterocycles. The summed E-state index contributed by atoms with van der Waals surface area (Å²) in [7, 11) is 0. The van der Waals surface area contributed by atoms with E-state index in [1.165, 1.54) is 17.4 Å². The molecule has 126 valence electrons. The number of carbonyl (C=O) groups is 1. The van der Waals surface area contributed by atoms with Crippen molar-refractivity contribution in [1.29, 1.82) is 0 Å². The van der Waals surface area contributed by atoms with Gasteiger partial charge in [-0.25, -0.2) is 0 Å². The molecule has 0 aliphatic carbocycles. The van der Waals surface area contributed by atoms with Crippen LogP contribution in [0.5, 0.6) is 5.75 Å². The van der Waals surface area contributed by atoms with Crippen molar-refractivity contribution in [3.8, 4) is 5.75 Å². The summed E-state index contributed by atoms with van der Waals surface area (Å²) >= 11 is 1.23.